The van der Waals surface area contributed by atoms with Crippen molar-refractivity contribution in [1.82, 2.24) is 0 Å². The third-order valence-electron chi connectivity index (χ3n) is 0.577. The highest BCUT2D eigenvalue weighted by molar-refractivity contribution is 5.97. The van der Waals surface area contributed by atoms with Gasteiger partial charge in [-0.1, -0.05) is 13.0 Å². The molecule has 0 aromatic rings. The smallest absolute Gasteiger partial charge is 0.145 e. The first-order chi connectivity index (χ1) is 3.83. The van der Waals surface area contributed by atoms with Crippen LogP contribution in [-0.2, 0) is 4.43 Å². The van der Waals surface area contributed by atoms with E-state index < -0.39 is 0 Å². The van der Waals surface area contributed by atoms with Crippen LogP contribution in [0, 0.1) is 0 Å². The molecule has 0 fully saturated rings. The molecule has 0 unspecified atom stereocenters. The fraction of sp³-hybridized carbons (Fsp3) is 0.667. The van der Waals surface area contributed by atoms with Crippen molar-refractivity contribution in [2.24, 2.45) is 0 Å². The van der Waals surface area contributed by atoms with E-state index in [1.54, 1.807) is 0 Å². The fourth-order valence-corrected chi connectivity index (χ4v) is 0. The summed E-state index contributed by atoms with van der Waals surface area (Å²) in [6.07, 6.45) is 2.96. The van der Waals surface area contributed by atoms with Crippen LogP contribution in [0.25, 0.3) is 0 Å². The van der Waals surface area contributed by atoms with Crippen LogP contribution in [0.4, 0.5) is 0 Å². The van der Waals surface area contributed by atoms with Crippen LogP contribution in [-0.4, -0.2) is 17.1 Å². The molecule has 2 heteroatoms. The monoisotopic (exact) mass is 132 g/mol. The molecule has 0 bridgehead atoms. The highest BCUT2D eigenvalue weighted by atomic mass is 28.2. The first-order valence-corrected chi connectivity index (χ1v) is 3.74. The normalized spacial score (nSPS) is 7.25. The Morgan fingerprint density at radius 3 is 1.88 bits per heavy atom. The molecule has 0 heterocycles. The lowest BCUT2D eigenvalue weighted by molar-refractivity contribution is 0.375. The Morgan fingerprint density at radius 2 is 1.88 bits per heavy atom. The standard InChI is InChI=1S/C4H8.C2H8OSi/c1-3-4-2;1-2-3-4/h3H,1,4H2,2H3;2H2,1,4H3. The Labute approximate surface area is 55.3 Å². The summed E-state index contributed by atoms with van der Waals surface area (Å²) in [6, 6.07) is 0. The predicted molar refractivity (Wildman–Crippen MR) is 42.1 cm³/mol. The molecule has 0 N–H and O–H groups in total. The molecule has 0 atom stereocenters. The van der Waals surface area contributed by atoms with Gasteiger partial charge < -0.3 is 4.43 Å². The number of allylic oxidation sites excluding steroid dienone is 1. The predicted octanol–water partition coefficient (Wildman–Crippen LogP) is 0.886. The van der Waals surface area contributed by atoms with Crippen LogP contribution in [0.2, 0.25) is 0 Å². The summed E-state index contributed by atoms with van der Waals surface area (Å²) in [7, 11) is 0.890. The Morgan fingerprint density at radius 1 is 1.62 bits per heavy atom. The third kappa shape index (κ3) is 38.9. The van der Waals surface area contributed by atoms with Crippen molar-refractivity contribution >= 4 is 10.5 Å². The van der Waals surface area contributed by atoms with E-state index in [0.29, 0.717) is 0 Å². The fourth-order valence-electron chi connectivity index (χ4n) is 0. The minimum Gasteiger partial charge on any atom is -0.428 e. The van der Waals surface area contributed by atoms with Gasteiger partial charge in [-0.15, -0.1) is 6.58 Å². The number of rotatable bonds is 2. The molecule has 0 rings (SSSR count). The Bertz CT molecular complexity index is 35.5. The lowest BCUT2D eigenvalue weighted by Crippen LogP contribution is -1.76. The van der Waals surface area contributed by atoms with E-state index in [9.17, 15) is 0 Å². The van der Waals surface area contributed by atoms with Gasteiger partial charge in [-0.25, -0.2) is 0 Å². The number of hydrogen-bond donors (Lipinski definition) is 0. The van der Waals surface area contributed by atoms with E-state index in [4.69, 9.17) is 0 Å². The Hall–Kier alpha value is -0.0831. The molecule has 0 amide bonds. The zero-order valence-electron chi connectivity index (χ0n) is 6.11. The van der Waals surface area contributed by atoms with Crippen LogP contribution >= 0.6 is 0 Å². The van der Waals surface area contributed by atoms with Gasteiger partial charge in [-0.3, -0.25) is 0 Å². The molecular weight excluding hydrogens is 116 g/mol. The van der Waals surface area contributed by atoms with Gasteiger partial charge in [0.2, 0.25) is 0 Å². The van der Waals surface area contributed by atoms with Gasteiger partial charge in [0.05, 0.1) is 0 Å². The van der Waals surface area contributed by atoms with Crippen molar-refractivity contribution in [2.75, 3.05) is 6.61 Å². The van der Waals surface area contributed by atoms with Gasteiger partial charge in [0.15, 0.2) is 0 Å². The van der Waals surface area contributed by atoms with Crippen molar-refractivity contribution in [3.05, 3.63) is 12.7 Å². The second kappa shape index (κ2) is 15.8. The molecule has 0 spiro atoms. The Kier molecular flexibility index (Phi) is 21.3. The van der Waals surface area contributed by atoms with Gasteiger partial charge in [-0.05, 0) is 13.3 Å². The maximum absolute atomic E-state index is 4.68. The van der Waals surface area contributed by atoms with Crippen LogP contribution in [0.5, 0.6) is 0 Å². The molecule has 0 aromatic carbocycles. The molecular formula is C6H16OSi. The minimum absolute atomic E-state index is 0.881. The summed E-state index contributed by atoms with van der Waals surface area (Å²) in [6.45, 7) is 8.42. The average molecular weight is 132 g/mol. The van der Waals surface area contributed by atoms with Crippen molar-refractivity contribution < 1.29 is 4.43 Å². The second-order valence-electron chi connectivity index (χ2n) is 1.27. The molecule has 0 saturated heterocycles. The summed E-state index contributed by atoms with van der Waals surface area (Å²) >= 11 is 0. The third-order valence-corrected chi connectivity index (χ3v) is 1.15. The van der Waals surface area contributed by atoms with E-state index in [2.05, 4.69) is 17.9 Å². The van der Waals surface area contributed by atoms with Crippen molar-refractivity contribution in [1.29, 1.82) is 0 Å². The average Bonchev–Trinajstić information content (AvgIpc) is 1.88. The maximum atomic E-state index is 4.68. The summed E-state index contributed by atoms with van der Waals surface area (Å²) < 4.78 is 4.68. The van der Waals surface area contributed by atoms with E-state index in [1.165, 1.54) is 0 Å². The van der Waals surface area contributed by atoms with Crippen LogP contribution in [0.1, 0.15) is 20.3 Å². The first-order valence-electron chi connectivity index (χ1n) is 2.93. The van der Waals surface area contributed by atoms with Crippen LogP contribution < -0.4 is 0 Å². The zero-order chi connectivity index (χ0) is 6.83. The summed E-state index contributed by atoms with van der Waals surface area (Å²) in [5, 5.41) is 0. The van der Waals surface area contributed by atoms with Crippen LogP contribution in [0.3, 0.4) is 0 Å². The van der Waals surface area contributed by atoms with E-state index in [0.717, 1.165) is 23.5 Å². The van der Waals surface area contributed by atoms with E-state index >= 15 is 0 Å². The molecule has 0 aliphatic carbocycles. The lowest BCUT2D eigenvalue weighted by Gasteiger charge is -1.77. The molecule has 0 saturated carbocycles. The molecule has 0 aliphatic heterocycles. The molecule has 8 heavy (non-hydrogen) atoms. The Balaban J connectivity index is 0. The topological polar surface area (TPSA) is 9.23 Å². The lowest BCUT2D eigenvalue weighted by atomic mass is 10.5. The van der Waals surface area contributed by atoms with E-state index in [1.807, 2.05) is 13.0 Å². The molecule has 0 radical (unpaired) electrons. The minimum atomic E-state index is 0.881. The highest BCUT2D eigenvalue weighted by Crippen LogP contribution is 1.66. The molecule has 0 aromatic heterocycles. The SMILES string of the molecule is C=CCC.CCO[SiH3]. The molecule has 50 valence electrons. The maximum Gasteiger partial charge on any atom is 0.145 e. The molecule has 1 nitrogen and oxygen atoms in total. The van der Waals surface area contributed by atoms with Crippen molar-refractivity contribution in [3.63, 3.8) is 0 Å². The molecule has 0 aliphatic rings. The van der Waals surface area contributed by atoms with Gasteiger partial charge in [-0.2, -0.15) is 0 Å². The first kappa shape index (κ1) is 10.8. The van der Waals surface area contributed by atoms with E-state index in [-0.39, 0.29) is 0 Å². The largest absolute Gasteiger partial charge is 0.428 e. The van der Waals surface area contributed by atoms with Gasteiger partial charge >= 0.3 is 0 Å². The zero-order valence-corrected chi connectivity index (χ0v) is 8.11. The summed E-state index contributed by atoms with van der Waals surface area (Å²) in [4.78, 5) is 0. The quantitative estimate of drug-likeness (QED) is 0.400. The van der Waals surface area contributed by atoms with Crippen molar-refractivity contribution in [2.45, 2.75) is 20.3 Å². The van der Waals surface area contributed by atoms with Gasteiger partial charge in [0.25, 0.3) is 0 Å². The van der Waals surface area contributed by atoms with Crippen LogP contribution in [0.15, 0.2) is 12.7 Å². The number of hydrogen-bond acceptors (Lipinski definition) is 1. The van der Waals surface area contributed by atoms with Gasteiger partial charge in [0, 0.05) is 6.61 Å². The summed E-state index contributed by atoms with van der Waals surface area (Å²) in [5.74, 6) is 0. The van der Waals surface area contributed by atoms with Gasteiger partial charge in [0.1, 0.15) is 10.5 Å². The second-order valence-corrected chi connectivity index (χ2v) is 1.85. The van der Waals surface area contributed by atoms with Crippen molar-refractivity contribution in [3.8, 4) is 0 Å². The highest BCUT2D eigenvalue weighted by Gasteiger charge is 1.51. The summed E-state index contributed by atoms with van der Waals surface area (Å²) in [5.41, 5.74) is 0.